The molecule has 1 aliphatic rings. The summed E-state index contributed by atoms with van der Waals surface area (Å²) in [5.74, 6) is 0.330. The Morgan fingerprint density at radius 3 is 3.00 bits per heavy atom. The molecule has 3 heterocycles. The van der Waals surface area contributed by atoms with E-state index in [9.17, 15) is 9.59 Å². The van der Waals surface area contributed by atoms with E-state index in [0.717, 1.165) is 29.8 Å². The number of carbonyl (C=O) groups is 2. The SMILES string of the molecule is COc1cccc(Nc2nc(C(=O)N3CCCC(C(=O)NCc4cccnc4)C3)cs2)c1. The number of likely N-dealkylation sites (tertiary alicyclic amines) is 1. The van der Waals surface area contributed by atoms with E-state index in [4.69, 9.17) is 4.74 Å². The lowest BCUT2D eigenvalue weighted by atomic mass is 9.97. The van der Waals surface area contributed by atoms with Crippen LogP contribution in [0, 0.1) is 5.92 Å². The highest BCUT2D eigenvalue weighted by molar-refractivity contribution is 7.14. The average Bonchev–Trinajstić information content (AvgIpc) is 3.31. The number of methoxy groups -OCH3 is 1. The highest BCUT2D eigenvalue weighted by atomic mass is 32.1. The van der Waals surface area contributed by atoms with Crippen LogP contribution < -0.4 is 15.4 Å². The number of rotatable bonds is 7. The standard InChI is InChI=1S/C23H25N5O3S/c1-31-19-8-2-7-18(11-19)26-23-27-20(15-32-23)22(30)28-10-4-6-17(14-28)21(29)25-13-16-5-3-9-24-12-16/h2-3,5,7-9,11-12,15,17H,4,6,10,13-14H2,1H3,(H,25,29)(H,26,27). The molecule has 3 aromatic rings. The van der Waals surface area contributed by atoms with Crippen LogP contribution in [-0.2, 0) is 11.3 Å². The molecule has 2 aromatic heterocycles. The maximum Gasteiger partial charge on any atom is 0.273 e. The fraction of sp³-hybridized carbons (Fsp3) is 0.304. The highest BCUT2D eigenvalue weighted by Gasteiger charge is 2.29. The van der Waals surface area contributed by atoms with Crippen molar-refractivity contribution < 1.29 is 14.3 Å². The van der Waals surface area contributed by atoms with Gasteiger partial charge in [-0.05, 0) is 36.6 Å². The van der Waals surface area contributed by atoms with Crippen molar-refractivity contribution in [2.45, 2.75) is 19.4 Å². The Balaban J connectivity index is 1.34. The summed E-state index contributed by atoms with van der Waals surface area (Å²) in [4.78, 5) is 35.9. The number of hydrogen-bond donors (Lipinski definition) is 2. The molecule has 1 aliphatic heterocycles. The van der Waals surface area contributed by atoms with Crippen LogP contribution in [0.4, 0.5) is 10.8 Å². The van der Waals surface area contributed by atoms with Gasteiger partial charge in [-0.1, -0.05) is 12.1 Å². The average molecular weight is 452 g/mol. The number of nitrogens with one attached hydrogen (secondary N) is 2. The third-order valence-corrected chi connectivity index (χ3v) is 6.07. The second kappa shape index (κ2) is 10.2. The molecular weight excluding hydrogens is 426 g/mol. The first kappa shape index (κ1) is 21.8. The molecular formula is C23H25N5O3S. The van der Waals surface area contributed by atoms with Gasteiger partial charge in [-0.25, -0.2) is 4.98 Å². The summed E-state index contributed by atoms with van der Waals surface area (Å²) in [5.41, 5.74) is 2.17. The van der Waals surface area contributed by atoms with E-state index in [0.29, 0.717) is 30.5 Å². The van der Waals surface area contributed by atoms with E-state index in [-0.39, 0.29) is 17.7 Å². The minimum atomic E-state index is -0.225. The Morgan fingerprint density at radius 2 is 2.19 bits per heavy atom. The van der Waals surface area contributed by atoms with Gasteiger partial charge in [0.2, 0.25) is 5.91 Å². The lowest BCUT2D eigenvalue weighted by Gasteiger charge is -2.31. The van der Waals surface area contributed by atoms with Gasteiger partial charge in [0.05, 0.1) is 13.0 Å². The lowest BCUT2D eigenvalue weighted by Crippen LogP contribution is -2.45. The van der Waals surface area contributed by atoms with Crippen molar-refractivity contribution in [3.05, 3.63) is 65.4 Å². The molecule has 1 fully saturated rings. The van der Waals surface area contributed by atoms with E-state index in [1.807, 2.05) is 36.4 Å². The molecule has 0 aliphatic carbocycles. The van der Waals surface area contributed by atoms with Crippen molar-refractivity contribution >= 4 is 34.0 Å². The van der Waals surface area contributed by atoms with Crippen molar-refractivity contribution in [1.82, 2.24) is 20.2 Å². The number of piperidine rings is 1. The molecule has 9 heteroatoms. The number of aromatic nitrogens is 2. The summed E-state index contributed by atoms with van der Waals surface area (Å²) in [6.07, 6.45) is 4.99. The first-order valence-corrected chi connectivity index (χ1v) is 11.3. The fourth-order valence-electron chi connectivity index (χ4n) is 3.63. The third kappa shape index (κ3) is 5.42. The number of nitrogens with zero attached hydrogens (tertiary/aromatic N) is 3. The summed E-state index contributed by atoms with van der Waals surface area (Å²) in [7, 11) is 1.62. The zero-order chi connectivity index (χ0) is 22.3. The van der Waals surface area contributed by atoms with E-state index in [1.165, 1.54) is 11.3 Å². The van der Waals surface area contributed by atoms with E-state index >= 15 is 0 Å². The number of thiazole rings is 1. The molecule has 0 radical (unpaired) electrons. The normalized spacial score (nSPS) is 15.8. The smallest absolute Gasteiger partial charge is 0.273 e. The molecule has 0 bridgehead atoms. The first-order valence-electron chi connectivity index (χ1n) is 10.4. The number of pyridine rings is 1. The number of amides is 2. The zero-order valence-corrected chi connectivity index (χ0v) is 18.6. The number of carbonyl (C=O) groups excluding carboxylic acids is 2. The van der Waals surface area contributed by atoms with Gasteiger partial charge in [-0.15, -0.1) is 11.3 Å². The van der Waals surface area contributed by atoms with E-state index < -0.39 is 0 Å². The molecule has 2 N–H and O–H groups in total. The van der Waals surface area contributed by atoms with Gasteiger partial charge in [0.15, 0.2) is 5.13 Å². The second-order valence-corrected chi connectivity index (χ2v) is 8.42. The van der Waals surface area contributed by atoms with Crippen molar-refractivity contribution in [1.29, 1.82) is 0 Å². The van der Waals surface area contributed by atoms with Gasteiger partial charge < -0.3 is 20.3 Å². The molecule has 32 heavy (non-hydrogen) atoms. The lowest BCUT2D eigenvalue weighted by molar-refractivity contribution is -0.126. The van der Waals surface area contributed by atoms with Gasteiger partial charge in [-0.2, -0.15) is 0 Å². The summed E-state index contributed by atoms with van der Waals surface area (Å²) in [6.45, 7) is 1.46. The van der Waals surface area contributed by atoms with Gasteiger partial charge in [-0.3, -0.25) is 14.6 Å². The van der Waals surface area contributed by atoms with Crippen LogP contribution in [0.2, 0.25) is 0 Å². The van der Waals surface area contributed by atoms with Crippen LogP contribution >= 0.6 is 11.3 Å². The van der Waals surface area contributed by atoms with E-state index in [2.05, 4.69) is 20.6 Å². The minimum Gasteiger partial charge on any atom is -0.497 e. The summed E-state index contributed by atoms with van der Waals surface area (Å²) >= 11 is 1.37. The van der Waals surface area contributed by atoms with Crippen LogP contribution in [0.1, 0.15) is 28.9 Å². The highest BCUT2D eigenvalue weighted by Crippen LogP contribution is 2.25. The molecule has 0 spiro atoms. The molecule has 2 amide bonds. The first-order chi connectivity index (χ1) is 15.6. The largest absolute Gasteiger partial charge is 0.497 e. The third-order valence-electron chi connectivity index (χ3n) is 5.31. The maximum absolute atomic E-state index is 13.0. The second-order valence-electron chi connectivity index (χ2n) is 7.56. The van der Waals surface area contributed by atoms with Crippen LogP contribution in [0.25, 0.3) is 0 Å². The zero-order valence-electron chi connectivity index (χ0n) is 17.8. The molecule has 1 aromatic carbocycles. The summed E-state index contributed by atoms with van der Waals surface area (Å²) in [5, 5.41) is 8.54. The van der Waals surface area contributed by atoms with Crippen LogP contribution in [0.5, 0.6) is 5.75 Å². The van der Waals surface area contributed by atoms with Crippen molar-refractivity contribution in [3.63, 3.8) is 0 Å². The quantitative estimate of drug-likeness (QED) is 0.571. The van der Waals surface area contributed by atoms with Crippen LogP contribution in [0.15, 0.2) is 54.2 Å². The van der Waals surface area contributed by atoms with Gasteiger partial charge >= 0.3 is 0 Å². The van der Waals surface area contributed by atoms with Crippen molar-refractivity contribution in [2.24, 2.45) is 5.92 Å². The molecule has 4 rings (SSSR count). The Labute approximate surface area is 190 Å². The Morgan fingerprint density at radius 1 is 1.28 bits per heavy atom. The predicted octanol–water partition coefficient (Wildman–Crippen LogP) is 3.46. The summed E-state index contributed by atoms with van der Waals surface area (Å²) < 4.78 is 5.23. The van der Waals surface area contributed by atoms with Crippen molar-refractivity contribution in [2.75, 3.05) is 25.5 Å². The molecule has 1 saturated heterocycles. The van der Waals surface area contributed by atoms with Gasteiger partial charge in [0.25, 0.3) is 5.91 Å². The van der Waals surface area contributed by atoms with Crippen molar-refractivity contribution in [3.8, 4) is 5.75 Å². The monoisotopic (exact) mass is 451 g/mol. The van der Waals surface area contributed by atoms with Crippen LogP contribution in [-0.4, -0.2) is 46.9 Å². The molecule has 166 valence electrons. The number of ether oxygens (including phenoxy) is 1. The molecule has 1 atom stereocenters. The van der Waals surface area contributed by atoms with Gasteiger partial charge in [0.1, 0.15) is 11.4 Å². The van der Waals surface area contributed by atoms with Crippen LogP contribution in [0.3, 0.4) is 0 Å². The maximum atomic E-state index is 13.0. The molecule has 1 unspecified atom stereocenters. The summed E-state index contributed by atoms with van der Waals surface area (Å²) in [6, 6.07) is 11.3. The number of anilines is 2. The number of benzene rings is 1. The Hall–Kier alpha value is -3.46. The molecule has 8 nitrogen and oxygen atoms in total. The van der Waals surface area contributed by atoms with E-state index in [1.54, 1.807) is 29.8 Å². The van der Waals surface area contributed by atoms with Gasteiger partial charge in [0, 0.05) is 49.2 Å². The predicted molar refractivity (Wildman–Crippen MR) is 123 cm³/mol. The minimum absolute atomic E-state index is 0.0370. The Bertz CT molecular complexity index is 1070. The fourth-order valence-corrected chi connectivity index (χ4v) is 4.33. The topological polar surface area (TPSA) is 96.5 Å². The Kier molecular flexibility index (Phi) is 6.96. The molecule has 0 saturated carbocycles. The number of hydrogen-bond acceptors (Lipinski definition) is 7.